The number of carbonyl (C=O) groups excluding carboxylic acids is 1. The standard InChI is InChI=1S/C9H8F2N2O5S/c10-5-2-6(11)7(1-4(5)9(12)16)13-19(17,18)3-8(14)15/h1-2,13H,3H2,(H2,12,16)(H,14,15). The Bertz CT molecular complexity index is 644. The summed E-state index contributed by atoms with van der Waals surface area (Å²) in [6, 6.07) is 0.811. The summed E-state index contributed by atoms with van der Waals surface area (Å²) in [6.45, 7) is 0. The smallest absolute Gasteiger partial charge is 0.320 e. The molecule has 0 heterocycles. The van der Waals surface area contributed by atoms with Gasteiger partial charge < -0.3 is 10.8 Å². The maximum Gasteiger partial charge on any atom is 0.320 e. The van der Waals surface area contributed by atoms with E-state index in [-0.39, 0.29) is 6.07 Å². The van der Waals surface area contributed by atoms with E-state index < -0.39 is 50.5 Å². The summed E-state index contributed by atoms with van der Waals surface area (Å²) in [5.74, 6) is -6.76. The molecule has 1 amide bonds. The third kappa shape index (κ3) is 3.88. The molecule has 0 atom stereocenters. The van der Waals surface area contributed by atoms with Crippen LogP contribution in [0.5, 0.6) is 0 Å². The van der Waals surface area contributed by atoms with Gasteiger partial charge in [0, 0.05) is 6.07 Å². The molecule has 0 aromatic heterocycles. The lowest BCUT2D eigenvalue weighted by Crippen LogP contribution is -2.23. The summed E-state index contributed by atoms with van der Waals surface area (Å²) in [4.78, 5) is 21.1. The first-order valence-electron chi connectivity index (χ1n) is 4.63. The van der Waals surface area contributed by atoms with Crippen LogP contribution in [-0.2, 0) is 14.8 Å². The van der Waals surface area contributed by atoms with Crippen molar-refractivity contribution in [3.63, 3.8) is 0 Å². The van der Waals surface area contributed by atoms with Crippen molar-refractivity contribution in [3.8, 4) is 0 Å². The van der Waals surface area contributed by atoms with Crippen LogP contribution >= 0.6 is 0 Å². The first-order valence-corrected chi connectivity index (χ1v) is 6.29. The van der Waals surface area contributed by atoms with E-state index in [9.17, 15) is 26.8 Å². The van der Waals surface area contributed by atoms with Gasteiger partial charge in [-0.2, -0.15) is 0 Å². The molecule has 0 fully saturated rings. The number of nitrogens with two attached hydrogens (primary N) is 1. The van der Waals surface area contributed by atoms with Gasteiger partial charge in [0.05, 0.1) is 11.3 Å². The maximum atomic E-state index is 13.3. The van der Waals surface area contributed by atoms with Crippen molar-refractivity contribution in [2.45, 2.75) is 0 Å². The Morgan fingerprint density at radius 2 is 1.84 bits per heavy atom. The van der Waals surface area contributed by atoms with Gasteiger partial charge in [-0.3, -0.25) is 14.3 Å². The maximum absolute atomic E-state index is 13.3. The molecule has 1 aromatic rings. The van der Waals surface area contributed by atoms with Gasteiger partial charge >= 0.3 is 5.97 Å². The van der Waals surface area contributed by atoms with Crippen molar-refractivity contribution in [2.75, 3.05) is 10.5 Å². The van der Waals surface area contributed by atoms with E-state index in [1.54, 1.807) is 4.72 Å². The Labute approximate surface area is 106 Å². The van der Waals surface area contributed by atoms with E-state index in [4.69, 9.17) is 10.8 Å². The normalized spacial score (nSPS) is 11.1. The summed E-state index contributed by atoms with van der Waals surface area (Å²) in [6.07, 6.45) is 0. The largest absolute Gasteiger partial charge is 0.480 e. The molecule has 4 N–H and O–H groups in total. The zero-order chi connectivity index (χ0) is 14.8. The Morgan fingerprint density at radius 3 is 2.32 bits per heavy atom. The summed E-state index contributed by atoms with van der Waals surface area (Å²) < 4.78 is 50.5. The monoisotopic (exact) mass is 294 g/mol. The van der Waals surface area contributed by atoms with Crippen LogP contribution in [0, 0.1) is 11.6 Å². The van der Waals surface area contributed by atoms with E-state index in [1.807, 2.05) is 0 Å². The number of primary amides is 1. The SMILES string of the molecule is NC(=O)c1cc(NS(=O)(=O)CC(=O)O)c(F)cc1F. The molecule has 0 unspecified atom stereocenters. The van der Waals surface area contributed by atoms with E-state index in [0.717, 1.165) is 0 Å². The number of carboxylic acid groups (broad SMARTS) is 1. The topological polar surface area (TPSA) is 127 Å². The van der Waals surface area contributed by atoms with Crippen LogP contribution in [0.1, 0.15) is 10.4 Å². The number of hydrogen-bond donors (Lipinski definition) is 3. The highest BCUT2D eigenvalue weighted by Gasteiger charge is 2.20. The highest BCUT2D eigenvalue weighted by atomic mass is 32.2. The number of sulfonamides is 1. The third-order valence-electron chi connectivity index (χ3n) is 1.90. The van der Waals surface area contributed by atoms with Crippen molar-refractivity contribution in [2.24, 2.45) is 5.73 Å². The zero-order valence-electron chi connectivity index (χ0n) is 9.18. The second-order valence-electron chi connectivity index (χ2n) is 3.43. The number of amides is 1. The predicted molar refractivity (Wildman–Crippen MR) is 59.9 cm³/mol. The number of anilines is 1. The first kappa shape index (κ1) is 14.8. The van der Waals surface area contributed by atoms with Gasteiger partial charge in [-0.05, 0) is 6.07 Å². The quantitative estimate of drug-likeness (QED) is 0.698. The van der Waals surface area contributed by atoms with Crippen LogP contribution < -0.4 is 10.5 Å². The molecule has 19 heavy (non-hydrogen) atoms. The minimum absolute atomic E-state index is 0.263. The molecular weight excluding hydrogens is 286 g/mol. The number of nitrogens with one attached hydrogen (secondary N) is 1. The van der Waals surface area contributed by atoms with Crippen LogP contribution in [-0.4, -0.2) is 31.2 Å². The van der Waals surface area contributed by atoms with Crippen LogP contribution in [0.2, 0.25) is 0 Å². The molecule has 0 spiro atoms. The number of rotatable bonds is 5. The van der Waals surface area contributed by atoms with Crippen LogP contribution in [0.25, 0.3) is 0 Å². The van der Waals surface area contributed by atoms with Crippen LogP contribution in [0.3, 0.4) is 0 Å². The molecule has 1 rings (SSSR count). The van der Waals surface area contributed by atoms with Gasteiger partial charge in [0.2, 0.25) is 10.0 Å². The molecule has 104 valence electrons. The first-order chi connectivity index (χ1) is 8.62. The van der Waals surface area contributed by atoms with E-state index in [2.05, 4.69) is 0 Å². The molecule has 7 nitrogen and oxygen atoms in total. The van der Waals surface area contributed by atoms with Crippen molar-refractivity contribution < 1.29 is 31.9 Å². The molecule has 0 radical (unpaired) electrons. The third-order valence-corrected chi connectivity index (χ3v) is 3.06. The minimum atomic E-state index is -4.38. The number of aliphatic carboxylic acids is 1. The molecule has 1 aromatic carbocycles. The van der Waals surface area contributed by atoms with Crippen molar-refractivity contribution in [1.82, 2.24) is 0 Å². The molecule has 0 saturated carbocycles. The summed E-state index contributed by atoms with van der Waals surface area (Å²) >= 11 is 0. The lowest BCUT2D eigenvalue weighted by molar-refractivity contribution is -0.134. The Morgan fingerprint density at radius 1 is 1.26 bits per heavy atom. The lowest BCUT2D eigenvalue weighted by atomic mass is 10.2. The average Bonchev–Trinajstić information content (AvgIpc) is 2.19. The summed E-state index contributed by atoms with van der Waals surface area (Å²) in [7, 11) is -4.38. The highest BCUT2D eigenvalue weighted by molar-refractivity contribution is 7.93. The van der Waals surface area contributed by atoms with Crippen molar-refractivity contribution in [3.05, 3.63) is 29.3 Å². The minimum Gasteiger partial charge on any atom is -0.480 e. The lowest BCUT2D eigenvalue weighted by Gasteiger charge is -2.09. The Balaban J connectivity index is 3.18. The fourth-order valence-corrected chi connectivity index (χ4v) is 2.07. The van der Waals surface area contributed by atoms with Crippen molar-refractivity contribution >= 4 is 27.6 Å². The van der Waals surface area contributed by atoms with E-state index in [1.165, 1.54) is 0 Å². The molecule has 0 saturated heterocycles. The van der Waals surface area contributed by atoms with Gasteiger partial charge in [0.1, 0.15) is 11.6 Å². The second kappa shape index (κ2) is 5.18. The molecule has 0 aliphatic rings. The molecule has 10 heteroatoms. The summed E-state index contributed by atoms with van der Waals surface area (Å²) in [5.41, 5.74) is 3.31. The summed E-state index contributed by atoms with van der Waals surface area (Å²) in [5, 5.41) is 8.34. The fraction of sp³-hybridized carbons (Fsp3) is 0.111. The fourth-order valence-electron chi connectivity index (χ4n) is 1.18. The number of carboxylic acids is 1. The predicted octanol–water partition coefficient (Wildman–Crippen LogP) is -0.110. The molecule has 0 aliphatic carbocycles. The van der Waals surface area contributed by atoms with Gasteiger partial charge in [-0.15, -0.1) is 0 Å². The Kier molecular flexibility index (Phi) is 4.04. The molecular formula is C9H8F2N2O5S. The van der Waals surface area contributed by atoms with Gasteiger partial charge in [-0.25, -0.2) is 17.2 Å². The van der Waals surface area contributed by atoms with Crippen LogP contribution in [0.4, 0.5) is 14.5 Å². The average molecular weight is 294 g/mol. The van der Waals surface area contributed by atoms with Gasteiger partial charge in [0.25, 0.3) is 5.91 Å². The van der Waals surface area contributed by atoms with Gasteiger partial charge in [-0.1, -0.05) is 0 Å². The number of hydrogen-bond acceptors (Lipinski definition) is 4. The molecule has 0 bridgehead atoms. The van der Waals surface area contributed by atoms with Crippen molar-refractivity contribution in [1.29, 1.82) is 0 Å². The number of halogens is 2. The Hall–Kier alpha value is -2.23. The van der Waals surface area contributed by atoms with E-state index in [0.29, 0.717) is 6.07 Å². The number of carbonyl (C=O) groups is 2. The second-order valence-corrected chi connectivity index (χ2v) is 5.15. The number of benzene rings is 1. The van der Waals surface area contributed by atoms with E-state index >= 15 is 0 Å². The van der Waals surface area contributed by atoms with Crippen LogP contribution in [0.15, 0.2) is 12.1 Å². The molecule has 0 aliphatic heterocycles. The van der Waals surface area contributed by atoms with Gasteiger partial charge in [0.15, 0.2) is 5.75 Å². The highest BCUT2D eigenvalue weighted by Crippen LogP contribution is 2.20. The zero-order valence-corrected chi connectivity index (χ0v) is 10.0.